The summed E-state index contributed by atoms with van der Waals surface area (Å²) in [5, 5.41) is 0. The van der Waals surface area contributed by atoms with Crippen LogP contribution in [0.2, 0.25) is 0 Å². The van der Waals surface area contributed by atoms with Crippen LogP contribution < -0.4 is 15.4 Å². The summed E-state index contributed by atoms with van der Waals surface area (Å²) in [6.07, 6.45) is 0.256. The molecule has 29 heavy (non-hydrogen) atoms. The van der Waals surface area contributed by atoms with E-state index in [4.69, 9.17) is 10.5 Å². The van der Waals surface area contributed by atoms with Crippen molar-refractivity contribution in [2.24, 2.45) is 5.73 Å². The van der Waals surface area contributed by atoms with Crippen molar-refractivity contribution < 1.29 is 14.3 Å². The number of carbonyl (C=O) groups is 2. The van der Waals surface area contributed by atoms with Crippen molar-refractivity contribution in [3.8, 4) is 5.75 Å². The van der Waals surface area contributed by atoms with Crippen molar-refractivity contribution in [1.29, 1.82) is 0 Å². The predicted molar refractivity (Wildman–Crippen MR) is 112 cm³/mol. The van der Waals surface area contributed by atoms with Gasteiger partial charge in [0.2, 0.25) is 12.0 Å². The number of primary amides is 1. The van der Waals surface area contributed by atoms with Gasteiger partial charge in [-0.05, 0) is 53.9 Å². The van der Waals surface area contributed by atoms with Crippen LogP contribution in [-0.2, 0) is 11.2 Å². The lowest BCUT2D eigenvalue weighted by atomic mass is 9.89. The van der Waals surface area contributed by atoms with Crippen LogP contribution in [0.1, 0.15) is 34.5 Å². The number of para-hydroxylation sites is 1. The maximum atomic E-state index is 13.0. The van der Waals surface area contributed by atoms with E-state index in [1.165, 1.54) is 0 Å². The SMILES string of the molecule is CCc1cccc(O[C@H]2C(=O)N(c3ccccc3)[C@@H]2c2ccc(C(N)=O)cc2)c1. The third-order valence-electron chi connectivity index (χ3n) is 5.19. The van der Waals surface area contributed by atoms with E-state index in [-0.39, 0.29) is 11.9 Å². The second-order valence-corrected chi connectivity index (χ2v) is 7.01. The molecular weight excluding hydrogens is 364 g/mol. The highest BCUT2D eigenvalue weighted by Gasteiger charge is 2.51. The van der Waals surface area contributed by atoms with Crippen LogP contribution in [0.25, 0.3) is 0 Å². The van der Waals surface area contributed by atoms with Gasteiger partial charge in [0.25, 0.3) is 5.91 Å². The van der Waals surface area contributed by atoms with Crippen LogP contribution >= 0.6 is 0 Å². The molecule has 0 unspecified atom stereocenters. The van der Waals surface area contributed by atoms with E-state index < -0.39 is 12.0 Å². The van der Waals surface area contributed by atoms with Gasteiger partial charge < -0.3 is 10.5 Å². The molecule has 0 radical (unpaired) electrons. The van der Waals surface area contributed by atoms with Crippen molar-refractivity contribution in [3.05, 3.63) is 95.6 Å². The molecule has 146 valence electrons. The van der Waals surface area contributed by atoms with Crippen molar-refractivity contribution in [2.45, 2.75) is 25.5 Å². The van der Waals surface area contributed by atoms with Crippen molar-refractivity contribution in [1.82, 2.24) is 0 Å². The molecule has 1 fully saturated rings. The maximum absolute atomic E-state index is 13.0. The molecule has 0 aromatic heterocycles. The molecule has 1 aliphatic rings. The first kappa shape index (κ1) is 18.7. The van der Waals surface area contributed by atoms with Gasteiger partial charge in [-0.2, -0.15) is 0 Å². The second-order valence-electron chi connectivity index (χ2n) is 7.01. The fourth-order valence-corrected chi connectivity index (χ4v) is 3.61. The lowest BCUT2D eigenvalue weighted by molar-refractivity contribution is -0.135. The Hall–Kier alpha value is -3.60. The summed E-state index contributed by atoms with van der Waals surface area (Å²) in [4.78, 5) is 26.1. The molecule has 2 N–H and O–H groups in total. The van der Waals surface area contributed by atoms with Gasteiger partial charge in [0.15, 0.2) is 0 Å². The summed E-state index contributed by atoms with van der Waals surface area (Å²) in [6, 6.07) is 24.0. The van der Waals surface area contributed by atoms with Crippen LogP contribution in [0.3, 0.4) is 0 Å². The summed E-state index contributed by atoms with van der Waals surface area (Å²) in [7, 11) is 0. The number of hydrogen-bond donors (Lipinski definition) is 1. The van der Waals surface area contributed by atoms with Gasteiger partial charge in [0, 0.05) is 11.3 Å². The molecule has 1 saturated heterocycles. The number of ether oxygens (including phenoxy) is 1. The highest BCUT2D eigenvalue weighted by molar-refractivity contribution is 6.05. The third-order valence-corrected chi connectivity index (χ3v) is 5.19. The Kier molecular flexibility index (Phi) is 5.04. The van der Waals surface area contributed by atoms with Gasteiger partial charge in [-0.3, -0.25) is 14.5 Å². The summed E-state index contributed by atoms with van der Waals surface area (Å²) < 4.78 is 6.12. The molecule has 0 bridgehead atoms. The van der Waals surface area contributed by atoms with E-state index in [0.29, 0.717) is 11.3 Å². The first-order chi connectivity index (χ1) is 14.1. The first-order valence-electron chi connectivity index (χ1n) is 9.62. The van der Waals surface area contributed by atoms with Gasteiger partial charge in [-0.1, -0.05) is 49.4 Å². The normalized spacial score (nSPS) is 18.2. The Bertz CT molecular complexity index is 1030. The van der Waals surface area contributed by atoms with Crippen LogP contribution in [-0.4, -0.2) is 17.9 Å². The lowest BCUT2D eigenvalue weighted by Crippen LogP contribution is -2.61. The molecule has 5 nitrogen and oxygen atoms in total. The Morgan fingerprint density at radius 3 is 2.38 bits per heavy atom. The standard InChI is InChI=1S/C24H22N2O3/c1-2-16-7-6-10-20(15-16)29-22-21(17-11-13-18(14-12-17)23(25)27)26(24(22)28)19-8-4-3-5-9-19/h3-15,21-22H,2H2,1H3,(H2,25,27)/t21-,22-/m1/s1. The molecule has 0 spiro atoms. The fraction of sp³-hybridized carbons (Fsp3) is 0.167. The van der Waals surface area contributed by atoms with Gasteiger partial charge in [-0.15, -0.1) is 0 Å². The van der Waals surface area contributed by atoms with Crippen LogP contribution in [0.5, 0.6) is 5.75 Å². The van der Waals surface area contributed by atoms with Crippen LogP contribution in [0, 0.1) is 0 Å². The minimum atomic E-state index is -0.637. The van der Waals surface area contributed by atoms with E-state index >= 15 is 0 Å². The molecule has 1 aliphatic heterocycles. The molecule has 0 aliphatic carbocycles. The quantitative estimate of drug-likeness (QED) is 0.654. The minimum absolute atomic E-state index is 0.0953. The number of carbonyl (C=O) groups excluding carboxylic acids is 2. The Labute approximate surface area is 169 Å². The Morgan fingerprint density at radius 1 is 1.00 bits per heavy atom. The lowest BCUT2D eigenvalue weighted by Gasteiger charge is -2.46. The predicted octanol–water partition coefficient (Wildman–Crippen LogP) is 3.88. The van der Waals surface area contributed by atoms with Crippen molar-refractivity contribution in [2.75, 3.05) is 4.90 Å². The average Bonchev–Trinajstić information content (AvgIpc) is 2.76. The number of benzene rings is 3. The fourth-order valence-electron chi connectivity index (χ4n) is 3.61. The van der Waals surface area contributed by atoms with Crippen LogP contribution in [0.4, 0.5) is 5.69 Å². The molecule has 3 aromatic rings. The summed E-state index contributed by atoms with van der Waals surface area (Å²) in [5.74, 6) is 0.0987. The zero-order valence-corrected chi connectivity index (χ0v) is 16.1. The Balaban J connectivity index is 1.67. The molecule has 3 aromatic carbocycles. The molecule has 5 heteroatoms. The number of nitrogens with two attached hydrogens (primary N) is 1. The average molecular weight is 386 g/mol. The highest BCUT2D eigenvalue weighted by Crippen LogP contribution is 2.41. The highest BCUT2D eigenvalue weighted by atomic mass is 16.5. The molecule has 1 heterocycles. The molecular formula is C24H22N2O3. The van der Waals surface area contributed by atoms with E-state index in [1.807, 2.05) is 66.7 Å². The zero-order chi connectivity index (χ0) is 20.4. The first-order valence-corrected chi connectivity index (χ1v) is 9.62. The maximum Gasteiger partial charge on any atom is 0.271 e. The molecule has 0 saturated carbocycles. The number of anilines is 1. The van der Waals surface area contributed by atoms with Gasteiger partial charge >= 0.3 is 0 Å². The molecule has 2 atom stereocenters. The van der Waals surface area contributed by atoms with Crippen molar-refractivity contribution in [3.63, 3.8) is 0 Å². The zero-order valence-electron chi connectivity index (χ0n) is 16.1. The monoisotopic (exact) mass is 386 g/mol. The number of hydrogen-bond acceptors (Lipinski definition) is 3. The smallest absolute Gasteiger partial charge is 0.271 e. The van der Waals surface area contributed by atoms with E-state index in [1.54, 1.807) is 17.0 Å². The number of aryl methyl sites for hydroxylation is 1. The van der Waals surface area contributed by atoms with Gasteiger partial charge in [0.05, 0.1) is 0 Å². The van der Waals surface area contributed by atoms with E-state index in [0.717, 1.165) is 23.2 Å². The summed E-state index contributed by atoms with van der Waals surface area (Å²) in [5.41, 5.74) is 8.63. The molecule has 4 rings (SSSR count). The van der Waals surface area contributed by atoms with Crippen molar-refractivity contribution >= 4 is 17.5 Å². The van der Waals surface area contributed by atoms with E-state index in [9.17, 15) is 9.59 Å². The summed E-state index contributed by atoms with van der Waals surface area (Å²) in [6.45, 7) is 2.08. The number of β-lactam (4-membered cyclic amide) rings is 1. The largest absolute Gasteiger partial charge is 0.478 e. The van der Waals surface area contributed by atoms with Gasteiger partial charge in [-0.25, -0.2) is 0 Å². The summed E-state index contributed by atoms with van der Waals surface area (Å²) >= 11 is 0. The number of rotatable bonds is 6. The minimum Gasteiger partial charge on any atom is -0.478 e. The van der Waals surface area contributed by atoms with Gasteiger partial charge in [0.1, 0.15) is 11.8 Å². The van der Waals surface area contributed by atoms with Crippen LogP contribution in [0.15, 0.2) is 78.9 Å². The number of amides is 2. The second kappa shape index (κ2) is 7.80. The molecule has 2 amide bonds. The third kappa shape index (κ3) is 3.59. The topological polar surface area (TPSA) is 72.6 Å². The Morgan fingerprint density at radius 2 is 1.72 bits per heavy atom. The van der Waals surface area contributed by atoms with E-state index in [2.05, 4.69) is 6.92 Å². The number of nitrogens with zero attached hydrogens (tertiary/aromatic N) is 1.